The van der Waals surface area contributed by atoms with Gasteiger partial charge in [-0.1, -0.05) is 44.2 Å². The fraction of sp³-hybridized carbons (Fsp3) is 0.533. The maximum Gasteiger partial charge on any atom is 0.237 e. The van der Waals surface area contributed by atoms with Crippen LogP contribution in [0.2, 0.25) is 0 Å². The van der Waals surface area contributed by atoms with Crippen molar-refractivity contribution in [2.24, 2.45) is 5.92 Å². The highest BCUT2D eigenvalue weighted by Gasteiger charge is 2.18. The van der Waals surface area contributed by atoms with Crippen LogP contribution in [0.3, 0.4) is 0 Å². The van der Waals surface area contributed by atoms with Crippen molar-refractivity contribution in [2.45, 2.75) is 39.3 Å². The monoisotopic (exact) mass is 248 g/mol. The lowest BCUT2D eigenvalue weighted by Gasteiger charge is -2.23. The largest absolute Gasteiger partial charge is 0.348 e. The molecule has 0 bridgehead atoms. The van der Waals surface area contributed by atoms with Gasteiger partial charge in [0.05, 0.1) is 12.1 Å². The van der Waals surface area contributed by atoms with Crippen LogP contribution in [0.15, 0.2) is 30.3 Å². The van der Waals surface area contributed by atoms with Gasteiger partial charge < -0.3 is 10.6 Å². The summed E-state index contributed by atoms with van der Waals surface area (Å²) in [5.41, 5.74) is 1.17. The maximum atomic E-state index is 12.0. The van der Waals surface area contributed by atoms with Crippen molar-refractivity contribution in [3.8, 4) is 0 Å². The first kappa shape index (κ1) is 14.7. The van der Waals surface area contributed by atoms with E-state index in [1.54, 1.807) is 7.05 Å². The topological polar surface area (TPSA) is 41.1 Å². The minimum atomic E-state index is -0.164. The number of benzene rings is 1. The molecule has 2 atom stereocenters. The van der Waals surface area contributed by atoms with Gasteiger partial charge in [-0.3, -0.25) is 4.79 Å². The first-order valence-electron chi connectivity index (χ1n) is 6.57. The Kier molecular flexibility index (Phi) is 5.86. The Morgan fingerprint density at radius 3 is 2.28 bits per heavy atom. The summed E-state index contributed by atoms with van der Waals surface area (Å²) in [5, 5.41) is 6.08. The predicted octanol–water partition coefficient (Wildman–Crippen LogP) is 2.50. The summed E-state index contributed by atoms with van der Waals surface area (Å²) in [7, 11) is 1.80. The average Bonchev–Trinajstić information content (AvgIpc) is 2.37. The number of amides is 1. The van der Waals surface area contributed by atoms with Crippen LogP contribution in [0, 0.1) is 5.92 Å². The maximum absolute atomic E-state index is 12.0. The molecular weight excluding hydrogens is 224 g/mol. The number of hydrogen-bond acceptors (Lipinski definition) is 2. The number of hydrogen-bond donors (Lipinski definition) is 2. The smallest absolute Gasteiger partial charge is 0.237 e. The summed E-state index contributed by atoms with van der Waals surface area (Å²) in [4.78, 5) is 12.0. The summed E-state index contributed by atoms with van der Waals surface area (Å²) in [5.74, 6) is 0.590. The van der Waals surface area contributed by atoms with E-state index in [9.17, 15) is 4.79 Å². The van der Waals surface area contributed by atoms with Crippen molar-refractivity contribution < 1.29 is 4.79 Å². The number of carbonyl (C=O) groups is 1. The zero-order chi connectivity index (χ0) is 13.5. The van der Waals surface area contributed by atoms with Crippen molar-refractivity contribution >= 4 is 5.91 Å². The lowest BCUT2D eigenvalue weighted by Crippen LogP contribution is -2.42. The highest BCUT2D eigenvalue weighted by Crippen LogP contribution is 2.21. The van der Waals surface area contributed by atoms with Gasteiger partial charge in [0, 0.05) is 0 Å². The third kappa shape index (κ3) is 4.49. The molecule has 0 aliphatic rings. The van der Waals surface area contributed by atoms with Crippen LogP contribution in [-0.4, -0.2) is 19.0 Å². The summed E-state index contributed by atoms with van der Waals surface area (Å²) >= 11 is 0. The Balaban J connectivity index is 2.77. The number of likely N-dealkylation sites (N-methyl/N-ethyl adjacent to an activating group) is 1. The second-order valence-electron chi connectivity index (χ2n) is 5.11. The van der Waals surface area contributed by atoms with Crippen molar-refractivity contribution in [1.29, 1.82) is 0 Å². The normalized spacial score (nSPS) is 14.3. The summed E-state index contributed by atoms with van der Waals surface area (Å²) < 4.78 is 0. The molecule has 100 valence electrons. The van der Waals surface area contributed by atoms with Gasteiger partial charge >= 0.3 is 0 Å². The highest BCUT2D eigenvalue weighted by atomic mass is 16.2. The third-order valence-electron chi connectivity index (χ3n) is 3.05. The van der Waals surface area contributed by atoms with E-state index in [2.05, 4.69) is 36.6 Å². The van der Waals surface area contributed by atoms with Crippen LogP contribution in [0.4, 0.5) is 0 Å². The van der Waals surface area contributed by atoms with Crippen LogP contribution in [0.1, 0.15) is 38.8 Å². The molecule has 0 aliphatic carbocycles. The van der Waals surface area contributed by atoms with E-state index < -0.39 is 0 Å². The Hall–Kier alpha value is -1.35. The molecule has 0 fully saturated rings. The van der Waals surface area contributed by atoms with Crippen LogP contribution >= 0.6 is 0 Å². The Bertz CT molecular complexity index is 362. The van der Waals surface area contributed by atoms with Gasteiger partial charge in [0.1, 0.15) is 0 Å². The number of carbonyl (C=O) groups excluding carboxylic acids is 1. The second kappa shape index (κ2) is 7.17. The molecular formula is C15H24N2O. The van der Waals surface area contributed by atoms with Gasteiger partial charge in [-0.05, 0) is 31.9 Å². The Morgan fingerprint density at radius 2 is 1.78 bits per heavy atom. The fourth-order valence-corrected chi connectivity index (χ4v) is 1.86. The Labute approximate surface area is 110 Å². The van der Waals surface area contributed by atoms with Gasteiger partial charge in [-0.2, -0.15) is 0 Å². The molecule has 2 unspecified atom stereocenters. The molecule has 0 spiro atoms. The third-order valence-corrected chi connectivity index (χ3v) is 3.05. The molecule has 3 heteroatoms. The number of nitrogens with one attached hydrogen (secondary N) is 2. The van der Waals surface area contributed by atoms with E-state index in [4.69, 9.17) is 0 Å². The van der Waals surface area contributed by atoms with E-state index in [-0.39, 0.29) is 18.0 Å². The van der Waals surface area contributed by atoms with Crippen molar-refractivity contribution in [3.05, 3.63) is 35.9 Å². The van der Waals surface area contributed by atoms with Crippen LogP contribution in [0.25, 0.3) is 0 Å². The predicted molar refractivity (Wildman–Crippen MR) is 75.3 cm³/mol. The lowest BCUT2D eigenvalue weighted by atomic mass is 9.97. The summed E-state index contributed by atoms with van der Waals surface area (Å²) in [6.07, 6.45) is 0.951. The molecule has 0 saturated heterocycles. The van der Waals surface area contributed by atoms with Gasteiger partial charge in [-0.25, -0.2) is 0 Å². The molecule has 2 N–H and O–H groups in total. The lowest BCUT2D eigenvalue weighted by molar-refractivity contribution is -0.123. The molecule has 0 aromatic heterocycles. The molecule has 1 rings (SSSR count). The SMILES string of the molecule is CNC(C)C(=O)NC(CC(C)C)c1ccccc1. The molecule has 0 radical (unpaired) electrons. The summed E-state index contributed by atoms with van der Waals surface area (Å²) in [6.45, 7) is 6.21. The minimum Gasteiger partial charge on any atom is -0.348 e. The van der Waals surface area contributed by atoms with Gasteiger partial charge in [0.25, 0.3) is 0 Å². The zero-order valence-corrected chi connectivity index (χ0v) is 11.7. The first-order valence-corrected chi connectivity index (χ1v) is 6.57. The molecule has 0 heterocycles. The molecule has 1 amide bonds. The van der Waals surface area contributed by atoms with Crippen LogP contribution in [0.5, 0.6) is 0 Å². The molecule has 1 aromatic carbocycles. The van der Waals surface area contributed by atoms with Crippen LogP contribution < -0.4 is 10.6 Å². The standard InChI is InChI=1S/C15H24N2O/c1-11(2)10-14(13-8-6-5-7-9-13)17-15(18)12(3)16-4/h5-9,11-12,14,16H,10H2,1-4H3,(H,17,18). The number of rotatable bonds is 6. The molecule has 3 nitrogen and oxygen atoms in total. The van der Waals surface area contributed by atoms with Crippen LogP contribution in [-0.2, 0) is 4.79 Å². The van der Waals surface area contributed by atoms with E-state index in [1.807, 2.05) is 25.1 Å². The Morgan fingerprint density at radius 1 is 1.17 bits per heavy atom. The quantitative estimate of drug-likeness (QED) is 0.812. The van der Waals surface area contributed by atoms with Crippen molar-refractivity contribution in [1.82, 2.24) is 10.6 Å². The van der Waals surface area contributed by atoms with Gasteiger partial charge in [0.2, 0.25) is 5.91 Å². The van der Waals surface area contributed by atoms with Crippen molar-refractivity contribution in [2.75, 3.05) is 7.05 Å². The van der Waals surface area contributed by atoms with Gasteiger partial charge in [-0.15, -0.1) is 0 Å². The van der Waals surface area contributed by atoms with Crippen molar-refractivity contribution in [3.63, 3.8) is 0 Å². The molecule has 18 heavy (non-hydrogen) atoms. The van der Waals surface area contributed by atoms with E-state index in [1.165, 1.54) is 5.56 Å². The zero-order valence-electron chi connectivity index (χ0n) is 11.7. The second-order valence-corrected chi connectivity index (χ2v) is 5.11. The fourth-order valence-electron chi connectivity index (χ4n) is 1.86. The van der Waals surface area contributed by atoms with E-state index >= 15 is 0 Å². The average molecular weight is 248 g/mol. The highest BCUT2D eigenvalue weighted by molar-refractivity contribution is 5.81. The molecule has 0 aliphatic heterocycles. The van der Waals surface area contributed by atoms with Gasteiger partial charge in [0.15, 0.2) is 0 Å². The molecule has 0 saturated carbocycles. The van der Waals surface area contributed by atoms with E-state index in [0.29, 0.717) is 5.92 Å². The summed E-state index contributed by atoms with van der Waals surface area (Å²) in [6, 6.07) is 10.1. The van der Waals surface area contributed by atoms with E-state index in [0.717, 1.165) is 6.42 Å². The minimum absolute atomic E-state index is 0.0482. The molecule has 1 aromatic rings. The first-order chi connectivity index (χ1) is 8.54.